The Morgan fingerprint density at radius 2 is 1.64 bits per heavy atom. The largest absolute Gasteiger partial charge is 0.378 e. The zero-order valence-electron chi connectivity index (χ0n) is 15.5. The van der Waals surface area contributed by atoms with Crippen molar-refractivity contribution in [2.24, 2.45) is 5.73 Å². The minimum atomic E-state index is -1.49. The van der Waals surface area contributed by atoms with Crippen molar-refractivity contribution < 1.29 is 22.7 Å². The fraction of sp³-hybridized carbons (Fsp3) is 0.381. The van der Waals surface area contributed by atoms with Gasteiger partial charge in [-0.25, -0.2) is 13.2 Å². The topological polar surface area (TPSA) is 55.6 Å². The monoisotopic (exact) mass is 392 g/mol. The van der Waals surface area contributed by atoms with E-state index in [-0.39, 0.29) is 17.6 Å². The number of carbonyl (C=O) groups is 1. The van der Waals surface area contributed by atoms with Gasteiger partial charge in [-0.1, -0.05) is 12.1 Å². The first-order chi connectivity index (χ1) is 13.5. The molecule has 2 N–H and O–H groups in total. The number of carbonyl (C=O) groups excluding carboxylic acids is 1. The summed E-state index contributed by atoms with van der Waals surface area (Å²) < 4.78 is 45.7. The summed E-state index contributed by atoms with van der Waals surface area (Å²) in [4.78, 5) is 14.4. The van der Waals surface area contributed by atoms with Gasteiger partial charge in [0.15, 0.2) is 17.5 Å². The quantitative estimate of drug-likeness (QED) is 0.602. The summed E-state index contributed by atoms with van der Waals surface area (Å²) in [6.07, 6.45) is 2.54. The number of likely N-dealkylation sites (tertiary alicyclic amines) is 1. The fourth-order valence-electron chi connectivity index (χ4n) is 3.27. The van der Waals surface area contributed by atoms with E-state index in [4.69, 9.17) is 10.5 Å². The molecule has 150 valence electrons. The Kier molecular flexibility index (Phi) is 6.70. The number of halogens is 3. The fourth-order valence-corrected chi connectivity index (χ4v) is 3.27. The van der Waals surface area contributed by atoms with Crippen LogP contribution >= 0.6 is 0 Å². The van der Waals surface area contributed by atoms with Crippen LogP contribution in [0, 0.1) is 17.5 Å². The van der Waals surface area contributed by atoms with Gasteiger partial charge >= 0.3 is 0 Å². The van der Waals surface area contributed by atoms with E-state index in [9.17, 15) is 18.0 Å². The number of ether oxygens (including phenoxy) is 1. The molecule has 0 spiro atoms. The number of amides is 1. The molecule has 28 heavy (non-hydrogen) atoms. The molecule has 4 nitrogen and oxygen atoms in total. The summed E-state index contributed by atoms with van der Waals surface area (Å²) >= 11 is 0. The molecule has 1 fully saturated rings. The van der Waals surface area contributed by atoms with E-state index in [0.717, 1.165) is 31.4 Å². The van der Waals surface area contributed by atoms with Gasteiger partial charge in [0, 0.05) is 25.3 Å². The standard InChI is InChI=1S/C21H23F3N2O2/c22-18-12-16(13-19(23)20(18)24)14-2-4-15(5-3-14)21(27)26-9-6-17(7-10-26)28-11-1-8-25/h2-5,12-13,17H,1,6-11,25H2. The summed E-state index contributed by atoms with van der Waals surface area (Å²) in [6.45, 7) is 2.47. The summed E-state index contributed by atoms with van der Waals surface area (Å²) in [5, 5.41) is 0. The van der Waals surface area contributed by atoms with E-state index in [1.165, 1.54) is 0 Å². The van der Waals surface area contributed by atoms with Crippen molar-refractivity contribution in [1.82, 2.24) is 4.90 Å². The number of nitrogens with zero attached hydrogens (tertiary/aromatic N) is 1. The number of benzene rings is 2. The summed E-state index contributed by atoms with van der Waals surface area (Å²) in [5.74, 6) is -4.08. The molecule has 0 aliphatic carbocycles. The molecular weight excluding hydrogens is 369 g/mol. The van der Waals surface area contributed by atoms with Crippen molar-refractivity contribution in [3.05, 3.63) is 59.4 Å². The van der Waals surface area contributed by atoms with Crippen LogP contribution < -0.4 is 5.73 Å². The predicted molar refractivity (Wildman–Crippen MR) is 100 cm³/mol. The lowest BCUT2D eigenvalue weighted by molar-refractivity contribution is 0.00844. The van der Waals surface area contributed by atoms with Crippen LogP contribution in [0.1, 0.15) is 29.6 Å². The highest BCUT2D eigenvalue weighted by atomic mass is 19.2. The summed E-state index contributed by atoms with van der Waals surface area (Å²) in [7, 11) is 0. The molecular formula is C21H23F3N2O2. The molecule has 1 aliphatic rings. The molecule has 0 atom stereocenters. The molecule has 7 heteroatoms. The van der Waals surface area contributed by atoms with E-state index in [2.05, 4.69) is 0 Å². The van der Waals surface area contributed by atoms with Gasteiger partial charge in [-0.15, -0.1) is 0 Å². The molecule has 0 radical (unpaired) electrons. The van der Waals surface area contributed by atoms with Crippen LogP contribution in [-0.4, -0.2) is 43.2 Å². The SMILES string of the molecule is NCCCOC1CCN(C(=O)c2ccc(-c3cc(F)c(F)c(F)c3)cc2)CC1. The summed E-state index contributed by atoms with van der Waals surface area (Å²) in [5.41, 5.74) is 6.66. The first-order valence-corrected chi connectivity index (χ1v) is 9.35. The van der Waals surface area contributed by atoms with Crippen molar-refractivity contribution in [3.63, 3.8) is 0 Å². The van der Waals surface area contributed by atoms with Gasteiger partial charge in [-0.2, -0.15) is 0 Å². The Morgan fingerprint density at radius 3 is 2.21 bits per heavy atom. The number of nitrogens with two attached hydrogens (primary N) is 1. The van der Waals surface area contributed by atoms with E-state index < -0.39 is 17.5 Å². The average Bonchev–Trinajstić information content (AvgIpc) is 2.72. The Bertz CT molecular complexity index is 796. The van der Waals surface area contributed by atoms with Gasteiger partial charge in [0.2, 0.25) is 0 Å². The first kappa shape index (κ1) is 20.4. The Morgan fingerprint density at radius 1 is 1.04 bits per heavy atom. The Hall–Kier alpha value is -2.38. The lowest BCUT2D eigenvalue weighted by Crippen LogP contribution is -2.41. The maximum Gasteiger partial charge on any atom is 0.253 e. The zero-order valence-corrected chi connectivity index (χ0v) is 15.5. The lowest BCUT2D eigenvalue weighted by Gasteiger charge is -2.32. The Labute approximate surface area is 162 Å². The van der Waals surface area contributed by atoms with Gasteiger partial charge in [0.25, 0.3) is 5.91 Å². The van der Waals surface area contributed by atoms with Gasteiger partial charge < -0.3 is 15.4 Å². The lowest BCUT2D eigenvalue weighted by atomic mass is 10.0. The molecule has 2 aromatic carbocycles. The third-order valence-corrected chi connectivity index (χ3v) is 4.88. The minimum Gasteiger partial charge on any atom is -0.378 e. The molecule has 2 aromatic rings. The number of rotatable bonds is 6. The number of piperidine rings is 1. The minimum absolute atomic E-state index is 0.0941. The van der Waals surface area contributed by atoms with Crippen LogP contribution in [-0.2, 0) is 4.74 Å². The van der Waals surface area contributed by atoms with Gasteiger partial charge in [0.05, 0.1) is 6.10 Å². The average molecular weight is 392 g/mol. The van der Waals surface area contributed by atoms with Crippen molar-refractivity contribution >= 4 is 5.91 Å². The highest BCUT2D eigenvalue weighted by molar-refractivity contribution is 5.94. The van der Waals surface area contributed by atoms with Gasteiger partial charge in [-0.3, -0.25) is 4.79 Å². The highest BCUT2D eigenvalue weighted by Gasteiger charge is 2.24. The van der Waals surface area contributed by atoms with E-state index in [0.29, 0.717) is 37.4 Å². The van der Waals surface area contributed by atoms with Crippen LogP contribution in [0.25, 0.3) is 11.1 Å². The van der Waals surface area contributed by atoms with E-state index >= 15 is 0 Å². The van der Waals surface area contributed by atoms with Crippen LogP contribution in [0.3, 0.4) is 0 Å². The summed E-state index contributed by atoms with van der Waals surface area (Å²) in [6, 6.07) is 8.29. The third kappa shape index (κ3) is 4.72. The van der Waals surface area contributed by atoms with Crippen LogP contribution in [0.4, 0.5) is 13.2 Å². The van der Waals surface area contributed by atoms with Crippen LogP contribution in [0.5, 0.6) is 0 Å². The molecule has 0 unspecified atom stereocenters. The molecule has 0 saturated carbocycles. The second-order valence-corrected chi connectivity index (χ2v) is 6.84. The smallest absolute Gasteiger partial charge is 0.253 e. The van der Waals surface area contributed by atoms with E-state index in [1.807, 2.05) is 0 Å². The number of hydrogen-bond acceptors (Lipinski definition) is 3. The Balaban J connectivity index is 1.62. The normalized spacial score (nSPS) is 15.1. The second kappa shape index (κ2) is 9.21. The maximum atomic E-state index is 13.4. The van der Waals surface area contributed by atoms with Gasteiger partial charge in [0.1, 0.15) is 0 Å². The van der Waals surface area contributed by atoms with Crippen molar-refractivity contribution in [2.75, 3.05) is 26.2 Å². The third-order valence-electron chi connectivity index (χ3n) is 4.88. The molecule has 0 bridgehead atoms. The molecule has 1 heterocycles. The van der Waals surface area contributed by atoms with Crippen LogP contribution in [0.15, 0.2) is 36.4 Å². The zero-order chi connectivity index (χ0) is 20.1. The van der Waals surface area contributed by atoms with Crippen molar-refractivity contribution in [3.8, 4) is 11.1 Å². The highest BCUT2D eigenvalue weighted by Crippen LogP contribution is 2.25. The molecule has 1 saturated heterocycles. The molecule has 3 rings (SSSR count). The second-order valence-electron chi connectivity index (χ2n) is 6.84. The molecule has 1 aliphatic heterocycles. The maximum absolute atomic E-state index is 13.4. The van der Waals surface area contributed by atoms with Crippen molar-refractivity contribution in [1.29, 1.82) is 0 Å². The predicted octanol–water partition coefficient (Wildman–Crippen LogP) is 3.74. The van der Waals surface area contributed by atoms with Crippen molar-refractivity contribution in [2.45, 2.75) is 25.4 Å². The van der Waals surface area contributed by atoms with E-state index in [1.54, 1.807) is 29.2 Å². The molecule has 1 amide bonds. The number of hydrogen-bond donors (Lipinski definition) is 1. The van der Waals surface area contributed by atoms with Crippen LogP contribution in [0.2, 0.25) is 0 Å². The first-order valence-electron chi connectivity index (χ1n) is 9.35. The molecule has 0 aromatic heterocycles. The van der Waals surface area contributed by atoms with Gasteiger partial charge in [-0.05, 0) is 61.2 Å².